The van der Waals surface area contributed by atoms with Gasteiger partial charge in [-0.3, -0.25) is 24.2 Å². The van der Waals surface area contributed by atoms with Gasteiger partial charge >= 0.3 is 0 Å². The first-order chi connectivity index (χ1) is 14.7. The molecule has 1 spiro atoms. The van der Waals surface area contributed by atoms with E-state index in [-0.39, 0.29) is 24.0 Å². The standard InChI is InChI=1S/C21H21ClN4O4S/c1-25-17-3-2-13(8-14(17)12-31(25,29)30)15-10-23-11-16(22)19(15)26-6-4-21(5-7-26)9-18(27)24-20(21)28/h2-3,8,10-11H,4-7,9,12H2,1H3,(H,24,27,28). The van der Waals surface area contributed by atoms with Gasteiger partial charge in [0.2, 0.25) is 21.8 Å². The van der Waals surface area contributed by atoms with E-state index in [1.807, 2.05) is 12.1 Å². The van der Waals surface area contributed by atoms with E-state index in [9.17, 15) is 18.0 Å². The number of pyridine rings is 1. The second kappa shape index (κ2) is 6.93. The minimum absolute atomic E-state index is 0.0363. The van der Waals surface area contributed by atoms with Crippen LogP contribution in [0.2, 0.25) is 5.02 Å². The third-order valence-electron chi connectivity index (χ3n) is 6.63. The molecule has 3 aliphatic rings. The number of rotatable bonds is 2. The fourth-order valence-electron chi connectivity index (χ4n) is 4.83. The van der Waals surface area contributed by atoms with Crippen molar-refractivity contribution in [2.75, 3.05) is 29.3 Å². The Hall–Kier alpha value is -2.65. The summed E-state index contributed by atoms with van der Waals surface area (Å²) in [6.07, 6.45) is 4.68. The number of benzene rings is 1. The Morgan fingerprint density at radius 3 is 2.58 bits per heavy atom. The molecule has 31 heavy (non-hydrogen) atoms. The number of halogens is 1. The molecule has 1 aromatic carbocycles. The van der Waals surface area contributed by atoms with Crippen LogP contribution in [0.1, 0.15) is 24.8 Å². The van der Waals surface area contributed by atoms with Gasteiger partial charge in [-0.25, -0.2) is 8.42 Å². The third kappa shape index (κ3) is 3.18. The summed E-state index contributed by atoms with van der Waals surface area (Å²) in [6.45, 7) is 1.17. The zero-order valence-electron chi connectivity index (χ0n) is 16.9. The number of piperidine rings is 1. The Morgan fingerprint density at radius 1 is 1.16 bits per heavy atom. The molecule has 3 aliphatic heterocycles. The van der Waals surface area contributed by atoms with Gasteiger partial charge in [-0.15, -0.1) is 0 Å². The number of amides is 2. The predicted molar refractivity (Wildman–Crippen MR) is 117 cm³/mol. The third-order valence-corrected chi connectivity index (χ3v) is 8.61. The van der Waals surface area contributed by atoms with E-state index >= 15 is 0 Å². The van der Waals surface area contributed by atoms with Crippen molar-refractivity contribution in [3.8, 4) is 11.1 Å². The Bertz CT molecular complexity index is 1220. The summed E-state index contributed by atoms with van der Waals surface area (Å²) in [5.41, 5.74) is 3.25. The van der Waals surface area contributed by atoms with Crippen LogP contribution in [-0.2, 0) is 25.4 Å². The van der Waals surface area contributed by atoms with Crippen molar-refractivity contribution < 1.29 is 18.0 Å². The van der Waals surface area contributed by atoms with Crippen molar-refractivity contribution in [1.29, 1.82) is 0 Å². The summed E-state index contributed by atoms with van der Waals surface area (Å²) in [6, 6.07) is 5.56. The lowest BCUT2D eigenvalue weighted by Gasteiger charge is -2.39. The van der Waals surface area contributed by atoms with Crippen molar-refractivity contribution in [1.82, 2.24) is 10.3 Å². The molecule has 2 aromatic rings. The number of sulfonamides is 1. The first-order valence-electron chi connectivity index (χ1n) is 10.0. The number of nitrogens with zero attached hydrogens (tertiary/aromatic N) is 3. The molecule has 1 N–H and O–H groups in total. The van der Waals surface area contributed by atoms with E-state index in [0.29, 0.717) is 36.6 Å². The van der Waals surface area contributed by atoms with E-state index in [4.69, 9.17) is 11.6 Å². The Kier molecular flexibility index (Phi) is 4.53. The van der Waals surface area contributed by atoms with Crippen molar-refractivity contribution in [3.63, 3.8) is 0 Å². The molecule has 2 amide bonds. The van der Waals surface area contributed by atoms with Gasteiger partial charge in [0.15, 0.2) is 0 Å². The molecule has 0 saturated carbocycles. The van der Waals surface area contributed by atoms with Crippen LogP contribution < -0.4 is 14.5 Å². The van der Waals surface area contributed by atoms with Crippen LogP contribution in [0.5, 0.6) is 0 Å². The van der Waals surface area contributed by atoms with Gasteiger partial charge in [-0.05, 0) is 36.1 Å². The van der Waals surface area contributed by atoms with Crippen molar-refractivity contribution in [2.45, 2.75) is 25.0 Å². The second-order valence-electron chi connectivity index (χ2n) is 8.41. The van der Waals surface area contributed by atoms with Crippen LogP contribution >= 0.6 is 11.6 Å². The SMILES string of the molecule is CN1c2ccc(-c3cncc(Cl)c3N3CCC4(CC3)CC(=O)NC4=O)cc2CS1(=O)=O. The zero-order valence-corrected chi connectivity index (χ0v) is 18.5. The molecule has 162 valence electrons. The molecule has 0 atom stereocenters. The number of nitrogens with one attached hydrogen (secondary N) is 1. The number of carbonyl (C=O) groups is 2. The molecule has 0 unspecified atom stereocenters. The fraction of sp³-hybridized carbons (Fsp3) is 0.381. The molecule has 8 nitrogen and oxygen atoms in total. The van der Waals surface area contributed by atoms with Crippen LogP contribution in [0.4, 0.5) is 11.4 Å². The lowest BCUT2D eigenvalue weighted by Crippen LogP contribution is -2.44. The molecule has 0 bridgehead atoms. The minimum atomic E-state index is -3.33. The number of hydrogen-bond donors (Lipinski definition) is 1. The van der Waals surface area contributed by atoms with Gasteiger partial charge in [0.1, 0.15) is 0 Å². The Labute approximate surface area is 185 Å². The Morgan fingerprint density at radius 2 is 1.90 bits per heavy atom. The van der Waals surface area contributed by atoms with Gasteiger partial charge in [0.05, 0.1) is 27.6 Å². The normalized spacial score (nSPS) is 21.5. The maximum atomic E-state index is 12.3. The van der Waals surface area contributed by atoms with Crippen molar-refractivity contribution in [3.05, 3.63) is 41.2 Å². The molecular weight excluding hydrogens is 440 g/mol. The summed E-state index contributed by atoms with van der Waals surface area (Å²) in [5, 5.41) is 2.92. The maximum absolute atomic E-state index is 12.3. The highest BCUT2D eigenvalue weighted by molar-refractivity contribution is 7.92. The number of fused-ring (bicyclic) bond motifs is 1. The van der Waals surface area contributed by atoms with Crippen LogP contribution in [0.15, 0.2) is 30.6 Å². The predicted octanol–water partition coefficient (Wildman–Crippen LogP) is 2.31. The van der Waals surface area contributed by atoms with E-state index in [2.05, 4.69) is 15.2 Å². The smallest absolute Gasteiger partial charge is 0.239 e. The van der Waals surface area contributed by atoms with E-state index in [0.717, 1.165) is 22.4 Å². The topological polar surface area (TPSA) is 99.7 Å². The number of anilines is 2. The molecule has 0 aliphatic carbocycles. The highest BCUT2D eigenvalue weighted by Crippen LogP contribution is 2.44. The van der Waals surface area contributed by atoms with Gasteiger partial charge in [0.25, 0.3) is 0 Å². The van der Waals surface area contributed by atoms with Gasteiger partial charge in [-0.2, -0.15) is 0 Å². The molecule has 10 heteroatoms. The molecular formula is C21H21ClN4O4S. The zero-order chi connectivity index (χ0) is 22.0. The van der Waals surface area contributed by atoms with Crippen LogP contribution in [0, 0.1) is 5.41 Å². The lowest BCUT2D eigenvalue weighted by atomic mass is 9.77. The molecule has 2 saturated heterocycles. The van der Waals surface area contributed by atoms with Gasteiger partial charge in [-0.1, -0.05) is 17.7 Å². The number of imide groups is 1. The summed E-state index contributed by atoms with van der Waals surface area (Å²) in [4.78, 5) is 30.4. The van der Waals surface area contributed by atoms with Crippen LogP contribution in [0.3, 0.4) is 0 Å². The molecule has 4 heterocycles. The Balaban J connectivity index is 1.48. The first-order valence-corrected chi connectivity index (χ1v) is 12.0. The van der Waals surface area contributed by atoms with Crippen molar-refractivity contribution >= 4 is 44.8 Å². The van der Waals surface area contributed by atoms with E-state index < -0.39 is 15.4 Å². The van der Waals surface area contributed by atoms with E-state index in [1.165, 1.54) is 4.31 Å². The quantitative estimate of drug-likeness (QED) is 0.690. The minimum Gasteiger partial charge on any atom is -0.370 e. The second-order valence-corrected chi connectivity index (χ2v) is 10.8. The molecule has 2 fully saturated rings. The molecule has 0 radical (unpaired) electrons. The van der Waals surface area contributed by atoms with Gasteiger partial charge in [0, 0.05) is 44.5 Å². The van der Waals surface area contributed by atoms with Crippen molar-refractivity contribution in [2.24, 2.45) is 5.41 Å². The fourth-order valence-corrected chi connectivity index (χ4v) is 6.41. The average Bonchev–Trinajstić information content (AvgIpc) is 3.13. The average molecular weight is 461 g/mol. The summed E-state index contributed by atoms with van der Waals surface area (Å²) >= 11 is 6.56. The highest BCUT2D eigenvalue weighted by Gasteiger charge is 2.48. The molecule has 5 rings (SSSR count). The van der Waals surface area contributed by atoms with E-state index in [1.54, 1.807) is 25.5 Å². The molecule has 1 aromatic heterocycles. The van der Waals surface area contributed by atoms with Crippen LogP contribution in [-0.4, -0.2) is 45.4 Å². The monoisotopic (exact) mass is 460 g/mol. The summed E-state index contributed by atoms with van der Waals surface area (Å²) < 4.78 is 25.8. The first kappa shape index (κ1) is 20.3. The largest absolute Gasteiger partial charge is 0.370 e. The summed E-state index contributed by atoms with van der Waals surface area (Å²) in [7, 11) is -1.77. The number of carbonyl (C=O) groups excluding carboxylic acids is 2. The van der Waals surface area contributed by atoms with Crippen LogP contribution in [0.25, 0.3) is 11.1 Å². The van der Waals surface area contributed by atoms with Gasteiger partial charge < -0.3 is 4.90 Å². The highest BCUT2D eigenvalue weighted by atomic mass is 35.5. The number of hydrogen-bond acceptors (Lipinski definition) is 6. The maximum Gasteiger partial charge on any atom is 0.239 e. The summed E-state index contributed by atoms with van der Waals surface area (Å²) in [5.74, 6) is -0.424. The number of aromatic nitrogens is 1. The lowest BCUT2D eigenvalue weighted by molar-refractivity contribution is -0.129.